The molecule has 5 nitrogen and oxygen atoms in total. The van der Waals surface area contributed by atoms with E-state index in [0.29, 0.717) is 12.2 Å². The van der Waals surface area contributed by atoms with Crippen LogP contribution in [0, 0.1) is 0 Å². The minimum absolute atomic E-state index is 0.236. The molecule has 0 atom stereocenters. The molecule has 0 aliphatic rings. The quantitative estimate of drug-likeness (QED) is 0.705. The smallest absolute Gasteiger partial charge is 0.412 e. The van der Waals surface area contributed by atoms with Gasteiger partial charge >= 0.3 is 6.09 Å². The molecule has 0 bridgehead atoms. The Kier molecular flexibility index (Phi) is 5.28. The maximum atomic E-state index is 11.8. The molecule has 122 valence electrons. The van der Waals surface area contributed by atoms with Crippen LogP contribution in [-0.4, -0.2) is 15.9 Å². The molecule has 3 aromatic rings. The van der Waals surface area contributed by atoms with Crippen molar-refractivity contribution in [2.75, 3.05) is 5.32 Å². The van der Waals surface area contributed by atoms with Gasteiger partial charge in [0.1, 0.15) is 6.61 Å². The lowest BCUT2D eigenvalue weighted by atomic mass is 10.2. The van der Waals surface area contributed by atoms with Crippen molar-refractivity contribution in [2.45, 2.75) is 13.2 Å². The number of hydrogen-bond donors (Lipinski definition) is 1. The fourth-order valence-electron chi connectivity index (χ4n) is 2.17. The Morgan fingerprint density at radius 3 is 2.58 bits per heavy atom. The molecular weight excluding hydrogens is 370 g/mol. The van der Waals surface area contributed by atoms with Crippen molar-refractivity contribution in [3.63, 3.8) is 0 Å². The van der Waals surface area contributed by atoms with E-state index in [1.807, 2.05) is 54.6 Å². The van der Waals surface area contributed by atoms with E-state index in [-0.39, 0.29) is 6.61 Å². The summed E-state index contributed by atoms with van der Waals surface area (Å²) in [7, 11) is 0. The number of amides is 1. The zero-order chi connectivity index (χ0) is 16.8. The average molecular weight is 386 g/mol. The summed E-state index contributed by atoms with van der Waals surface area (Å²) < 4.78 is 7.98. The van der Waals surface area contributed by atoms with Gasteiger partial charge in [0.2, 0.25) is 0 Å². The molecule has 6 heteroatoms. The average Bonchev–Trinajstić information content (AvgIpc) is 3.03. The number of carbonyl (C=O) groups is 1. The van der Waals surface area contributed by atoms with E-state index < -0.39 is 6.09 Å². The fourth-order valence-corrected chi connectivity index (χ4v) is 2.43. The molecule has 1 N–H and O–H groups in total. The van der Waals surface area contributed by atoms with Gasteiger partial charge in [-0.1, -0.05) is 58.4 Å². The Bertz CT molecular complexity index is 801. The summed E-state index contributed by atoms with van der Waals surface area (Å²) in [5.41, 5.74) is 2.67. The molecule has 0 aliphatic carbocycles. The molecule has 0 saturated heterocycles. The van der Waals surface area contributed by atoms with Crippen molar-refractivity contribution in [3.05, 3.63) is 82.6 Å². The van der Waals surface area contributed by atoms with Gasteiger partial charge in [0, 0.05) is 10.7 Å². The summed E-state index contributed by atoms with van der Waals surface area (Å²) in [6.45, 7) is 0.869. The van der Waals surface area contributed by atoms with Gasteiger partial charge in [0.15, 0.2) is 0 Å². The van der Waals surface area contributed by atoms with Gasteiger partial charge in [-0.15, -0.1) is 0 Å². The van der Waals surface area contributed by atoms with E-state index in [2.05, 4.69) is 26.3 Å². The number of halogens is 1. The summed E-state index contributed by atoms with van der Waals surface area (Å²) in [6.07, 6.45) is 2.87. The van der Waals surface area contributed by atoms with Crippen molar-refractivity contribution >= 4 is 27.7 Å². The van der Waals surface area contributed by atoms with Crippen LogP contribution in [0.4, 0.5) is 10.5 Å². The minimum Gasteiger partial charge on any atom is -0.444 e. The van der Waals surface area contributed by atoms with Gasteiger partial charge in [-0.05, 0) is 23.3 Å². The Balaban J connectivity index is 1.51. The minimum atomic E-state index is -0.498. The fraction of sp³-hybridized carbons (Fsp3) is 0.111. The molecule has 24 heavy (non-hydrogen) atoms. The third-order valence-corrected chi connectivity index (χ3v) is 3.88. The predicted molar refractivity (Wildman–Crippen MR) is 95.7 cm³/mol. The second-order valence-electron chi connectivity index (χ2n) is 5.24. The van der Waals surface area contributed by atoms with Crippen molar-refractivity contribution in [1.82, 2.24) is 9.78 Å². The van der Waals surface area contributed by atoms with E-state index in [9.17, 15) is 4.79 Å². The highest BCUT2D eigenvalue weighted by molar-refractivity contribution is 9.10. The van der Waals surface area contributed by atoms with Crippen LogP contribution in [0.5, 0.6) is 0 Å². The van der Waals surface area contributed by atoms with Crippen LogP contribution in [0.25, 0.3) is 0 Å². The van der Waals surface area contributed by atoms with E-state index in [0.717, 1.165) is 15.6 Å². The van der Waals surface area contributed by atoms with Gasteiger partial charge in [0.05, 0.1) is 18.4 Å². The third-order valence-electron chi connectivity index (χ3n) is 3.35. The SMILES string of the molecule is O=C(Nc1cnn(Cc2ccc(Br)cc2)c1)OCc1ccccc1. The second-order valence-corrected chi connectivity index (χ2v) is 6.16. The Labute approximate surface area is 148 Å². The molecule has 1 heterocycles. The van der Waals surface area contributed by atoms with Crippen molar-refractivity contribution < 1.29 is 9.53 Å². The van der Waals surface area contributed by atoms with Crippen LogP contribution in [-0.2, 0) is 17.9 Å². The normalized spacial score (nSPS) is 10.4. The molecule has 3 rings (SSSR count). The highest BCUT2D eigenvalue weighted by atomic mass is 79.9. The van der Waals surface area contributed by atoms with Gasteiger partial charge in [-0.3, -0.25) is 10.00 Å². The first kappa shape index (κ1) is 16.3. The van der Waals surface area contributed by atoms with E-state index >= 15 is 0 Å². The van der Waals surface area contributed by atoms with E-state index in [4.69, 9.17) is 4.74 Å². The first-order chi connectivity index (χ1) is 11.7. The summed E-state index contributed by atoms with van der Waals surface area (Å²) in [5, 5.41) is 6.92. The molecule has 0 spiro atoms. The van der Waals surface area contributed by atoms with Crippen LogP contribution in [0.2, 0.25) is 0 Å². The lowest BCUT2D eigenvalue weighted by Gasteiger charge is -2.05. The van der Waals surface area contributed by atoms with Crippen molar-refractivity contribution in [2.24, 2.45) is 0 Å². The van der Waals surface area contributed by atoms with Crippen molar-refractivity contribution in [3.8, 4) is 0 Å². The Morgan fingerprint density at radius 2 is 1.83 bits per heavy atom. The Hall–Kier alpha value is -2.60. The maximum Gasteiger partial charge on any atom is 0.412 e. The molecule has 1 aromatic heterocycles. The Morgan fingerprint density at radius 1 is 1.08 bits per heavy atom. The molecule has 0 unspecified atom stereocenters. The first-order valence-electron chi connectivity index (χ1n) is 7.44. The molecule has 0 saturated carbocycles. The number of nitrogens with zero attached hydrogens (tertiary/aromatic N) is 2. The summed E-state index contributed by atoms with van der Waals surface area (Å²) in [6, 6.07) is 17.6. The zero-order valence-electron chi connectivity index (χ0n) is 12.9. The molecule has 1 amide bonds. The standard InChI is InChI=1S/C18H16BrN3O2/c19-16-8-6-14(7-9-16)11-22-12-17(10-20-22)21-18(23)24-13-15-4-2-1-3-5-15/h1-10,12H,11,13H2,(H,21,23). The summed E-state index contributed by atoms with van der Waals surface area (Å²) >= 11 is 3.41. The highest BCUT2D eigenvalue weighted by Crippen LogP contribution is 2.13. The molecular formula is C18H16BrN3O2. The first-order valence-corrected chi connectivity index (χ1v) is 8.23. The zero-order valence-corrected chi connectivity index (χ0v) is 14.4. The maximum absolute atomic E-state index is 11.8. The van der Waals surface area contributed by atoms with Crippen molar-refractivity contribution in [1.29, 1.82) is 0 Å². The van der Waals surface area contributed by atoms with E-state index in [1.54, 1.807) is 17.1 Å². The monoisotopic (exact) mass is 385 g/mol. The molecule has 0 fully saturated rings. The van der Waals surface area contributed by atoms with Crippen LogP contribution in [0.1, 0.15) is 11.1 Å². The second kappa shape index (κ2) is 7.79. The lowest BCUT2D eigenvalue weighted by molar-refractivity contribution is 0.155. The largest absolute Gasteiger partial charge is 0.444 e. The summed E-state index contributed by atoms with van der Waals surface area (Å²) in [5.74, 6) is 0. The van der Waals surface area contributed by atoms with E-state index in [1.165, 1.54) is 0 Å². The number of anilines is 1. The van der Waals surface area contributed by atoms with Crippen LogP contribution in [0.3, 0.4) is 0 Å². The number of hydrogen-bond acceptors (Lipinski definition) is 3. The summed E-state index contributed by atoms with van der Waals surface area (Å²) in [4.78, 5) is 11.8. The number of ether oxygens (including phenoxy) is 1. The van der Waals surface area contributed by atoms with Gasteiger partial charge < -0.3 is 4.74 Å². The topological polar surface area (TPSA) is 56.2 Å². The number of carbonyl (C=O) groups excluding carboxylic acids is 1. The number of benzene rings is 2. The number of nitrogens with one attached hydrogen (secondary N) is 1. The van der Waals surface area contributed by atoms with Crippen LogP contribution < -0.4 is 5.32 Å². The number of aromatic nitrogens is 2. The van der Waals surface area contributed by atoms with Gasteiger partial charge in [-0.2, -0.15) is 5.10 Å². The molecule has 2 aromatic carbocycles. The molecule has 0 radical (unpaired) electrons. The van der Waals surface area contributed by atoms with Gasteiger partial charge in [0.25, 0.3) is 0 Å². The number of rotatable bonds is 5. The highest BCUT2D eigenvalue weighted by Gasteiger charge is 2.06. The molecule has 0 aliphatic heterocycles. The van der Waals surface area contributed by atoms with Crippen LogP contribution in [0.15, 0.2) is 71.5 Å². The predicted octanol–water partition coefficient (Wildman–Crippen LogP) is 4.44. The van der Waals surface area contributed by atoms with Gasteiger partial charge in [-0.25, -0.2) is 4.79 Å². The van der Waals surface area contributed by atoms with Crippen LogP contribution >= 0.6 is 15.9 Å². The third kappa shape index (κ3) is 4.70. The lowest BCUT2D eigenvalue weighted by Crippen LogP contribution is -2.13.